The van der Waals surface area contributed by atoms with Crippen LogP contribution < -0.4 is 0 Å². The lowest BCUT2D eigenvalue weighted by molar-refractivity contribution is 0.253. The summed E-state index contributed by atoms with van der Waals surface area (Å²) in [6.45, 7) is 4.06. The zero-order chi connectivity index (χ0) is 8.77. The van der Waals surface area contributed by atoms with Gasteiger partial charge in [0.05, 0.1) is 12.3 Å². The topological polar surface area (TPSA) is 46.3 Å². The number of hydrogen-bond acceptors (Lipinski definition) is 3. The molecular weight excluding hydrogens is 154 g/mol. The predicted octanol–water partition coefficient (Wildman–Crippen LogP) is 1.32. The molecule has 12 heavy (non-hydrogen) atoms. The summed E-state index contributed by atoms with van der Waals surface area (Å²) in [5, 5.41) is 13.1. The average molecular weight is 167 g/mol. The second kappa shape index (κ2) is 2.33. The Morgan fingerprint density at radius 2 is 2.17 bits per heavy atom. The van der Waals surface area contributed by atoms with E-state index in [-0.39, 0.29) is 12.0 Å². The van der Waals surface area contributed by atoms with E-state index < -0.39 is 0 Å². The summed E-state index contributed by atoms with van der Waals surface area (Å²) in [5.74, 6) is 0.860. The van der Waals surface area contributed by atoms with E-state index in [9.17, 15) is 5.11 Å². The van der Waals surface area contributed by atoms with E-state index in [0.29, 0.717) is 0 Å². The Hall–Kier alpha value is -0.830. The van der Waals surface area contributed by atoms with Gasteiger partial charge in [0.25, 0.3) is 0 Å². The Labute approximate surface area is 71.4 Å². The molecule has 0 saturated heterocycles. The largest absolute Gasteiger partial charge is 0.395 e. The molecule has 3 heteroatoms. The number of aliphatic hydroxyl groups excluding tert-OH is 1. The summed E-state index contributed by atoms with van der Waals surface area (Å²) in [5.41, 5.74) is 2.05. The van der Waals surface area contributed by atoms with Crippen molar-refractivity contribution in [3.05, 3.63) is 17.0 Å². The van der Waals surface area contributed by atoms with Crippen LogP contribution in [0.3, 0.4) is 0 Å². The third kappa shape index (κ3) is 0.894. The van der Waals surface area contributed by atoms with Crippen LogP contribution in [-0.4, -0.2) is 16.9 Å². The third-order valence-electron chi connectivity index (χ3n) is 2.72. The van der Waals surface area contributed by atoms with Crippen molar-refractivity contribution in [1.29, 1.82) is 0 Å². The SMILES string of the molecule is Cc1noc(C)c1C1(CO)CC1. The second-order valence-electron chi connectivity index (χ2n) is 3.64. The van der Waals surface area contributed by atoms with Crippen molar-refractivity contribution in [3.63, 3.8) is 0 Å². The van der Waals surface area contributed by atoms with Gasteiger partial charge in [-0.25, -0.2) is 0 Å². The van der Waals surface area contributed by atoms with E-state index in [1.54, 1.807) is 0 Å². The fourth-order valence-electron chi connectivity index (χ4n) is 1.88. The maximum Gasteiger partial charge on any atom is 0.137 e. The number of aliphatic hydroxyl groups is 1. The molecule has 1 N–H and O–H groups in total. The molecular formula is C9H13NO2. The van der Waals surface area contributed by atoms with Gasteiger partial charge in [-0.05, 0) is 26.7 Å². The van der Waals surface area contributed by atoms with Gasteiger partial charge in [-0.2, -0.15) is 0 Å². The Bertz CT molecular complexity index is 280. The number of nitrogens with zero attached hydrogens (tertiary/aromatic N) is 1. The van der Waals surface area contributed by atoms with Gasteiger partial charge in [0.2, 0.25) is 0 Å². The van der Waals surface area contributed by atoms with Crippen molar-refractivity contribution in [2.24, 2.45) is 0 Å². The van der Waals surface area contributed by atoms with Crippen LogP contribution in [0.4, 0.5) is 0 Å². The maximum atomic E-state index is 9.21. The van der Waals surface area contributed by atoms with E-state index in [1.165, 1.54) is 0 Å². The molecule has 3 nitrogen and oxygen atoms in total. The Kier molecular flexibility index (Phi) is 1.51. The Morgan fingerprint density at radius 1 is 1.50 bits per heavy atom. The lowest BCUT2D eigenvalue weighted by atomic mass is 9.95. The normalized spacial score (nSPS) is 19.6. The highest BCUT2D eigenvalue weighted by molar-refractivity contribution is 5.36. The summed E-state index contributed by atoms with van der Waals surface area (Å²) in [4.78, 5) is 0. The smallest absolute Gasteiger partial charge is 0.137 e. The lowest BCUT2D eigenvalue weighted by Crippen LogP contribution is -2.13. The maximum absolute atomic E-state index is 9.21. The molecule has 1 heterocycles. The van der Waals surface area contributed by atoms with E-state index in [4.69, 9.17) is 4.52 Å². The van der Waals surface area contributed by atoms with Crippen LogP contribution in [0.1, 0.15) is 29.9 Å². The van der Waals surface area contributed by atoms with Crippen molar-refractivity contribution in [2.45, 2.75) is 32.1 Å². The predicted molar refractivity (Wildman–Crippen MR) is 44.0 cm³/mol. The average Bonchev–Trinajstić information content (AvgIpc) is 2.77. The molecule has 1 aromatic rings. The highest BCUT2D eigenvalue weighted by Crippen LogP contribution is 2.49. The monoisotopic (exact) mass is 167 g/mol. The summed E-state index contributed by atoms with van der Waals surface area (Å²) in [7, 11) is 0. The van der Waals surface area contributed by atoms with Gasteiger partial charge < -0.3 is 9.63 Å². The molecule has 1 aliphatic carbocycles. The zero-order valence-electron chi connectivity index (χ0n) is 7.42. The number of aromatic nitrogens is 1. The highest BCUT2D eigenvalue weighted by Gasteiger charge is 2.47. The van der Waals surface area contributed by atoms with Crippen LogP contribution in [0.5, 0.6) is 0 Å². The van der Waals surface area contributed by atoms with Crippen LogP contribution in [0.15, 0.2) is 4.52 Å². The number of aryl methyl sites for hydroxylation is 2. The summed E-state index contributed by atoms with van der Waals surface area (Å²) < 4.78 is 5.06. The molecule has 1 aliphatic rings. The summed E-state index contributed by atoms with van der Waals surface area (Å²) >= 11 is 0. The van der Waals surface area contributed by atoms with Crippen molar-refractivity contribution >= 4 is 0 Å². The molecule has 0 radical (unpaired) electrons. The van der Waals surface area contributed by atoms with Crippen molar-refractivity contribution in [2.75, 3.05) is 6.61 Å². The van der Waals surface area contributed by atoms with E-state index in [1.807, 2.05) is 13.8 Å². The van der Waals surface area contributed by atoms with Gasteiger partial charge in [-0.15, -0.1) is 0 Å². The fraction of sp³-hybridized carbons (Fsp3) is 0.667. The first-order valence-corrected chi connectivity index (χ1v) is 4.24. The summed E-state index contributed by atoms with van der Waals surface area (Å²) in [6, 6.07) is 0. The first-order valence-electron chi connectivity index (χ1n) is 4.24. The molecule has 0 unspecified atom stereocenters. The van der Waals surface area contributed by atoms with Crippen LogP contribution in [0.25, 0.3) is 0 Å². The lowest BCUT2D eigenvalue weighted by Gasteiger charge is -2.09. The zero-order valence-corrected chi connectivity index (χ0v) is 7.42. The molecule has 66 valence electrons. The molecule has 1 aromatic heterocycles. The first-order chi connectivity index (χ1) is 5.69. The highest BCUT2D eigenvalue weighted by atomic mass is 16.5. The van der Waals surface area contributed by atoms with Crippen LogP contribution in [0.2, 0.25) is 0 Å². The molecule has 0 aromatic carbocycles. The number of hydrogen-bond donors (Lipinski definition) is 1. The van der Waals surface area contributed by atoms with Crippen LogP contribution in [-0.2, 0) is 5.41 Å². The van der Waals surface area contributed by atoms with E-state index in [0.717, 1.165) is 29.9 Å². The standard InChI is InChI=1S/C9H13NO2/c1-6-8(7(2)12-10-6)9(5-11)3-4-9/h11H,3-5H2,1-2H3. The molecule has 2 rings (SSSR count). The fourth-order valence-corrected chi connectivity index (χ4v) is 1.88. The van der Waals surface area contributed by atoms with Crippen molar-refractivity contribution in [3.8, 4) is 0 Å². The van der Waals surface area contributed by atoms with Crippen molar-refractivity contribution < 1.29 is 9.63 Å². The molecule has 0 aliphatic heterocycles. The van der Waals surface area contributed by atoms with Gasteiger partial charge >= 0.3 is 0 Å². The van der Waals surface area contributed by atoms with Gasteiger partial charge in [0.1, 0.15) is 5.76 Å². The molecule has 1 fully saturated rings. The molecule has 0 amide bonds. The van der Waals surface area contributed by atoms with E-state index in [2.05, 4.69) is 5.16 Å². The summed E-state index contributed by atoms with van der Waals surface area (Å²) in [6.07, 6.45) is 2.12. The molecule has 1 saturated carbocycles. The Balaban J connectivity index is 2.45. The first kappa shape index (κ1) is 7.80. The quantitative estimate of drug-likeness (QED) is 0.722. The van der Waals surface area contributed by atoms with Gasteiger partial charge in [-0.3, -0.25) is 0 Å². The van der Waals surface area contributed by atoms with Gasteiger partial charge in [0, 0.05) is 11.0 Å². The second-order valence-corrected chi connectivity index (χ2v) is 3.64. The minimum atomic E-state index is -0.00579. The number of rotatable bonds is 2. The van der Waals surface area contributed by atoms with Crippen LogP contribution in [0, 0.1) is 13.8 Å². The minimum absolute atomic E-state index is 0.00579. The van der Waals surface area contributed by atoms with Crippen LogP contribution >= 0.6 is 0 Å². The molecule has 0 spiro atoms. The van der Waals surface area contributed by atoms with Crippen molar-refractivity contribution in [1.82, 2.24) is 5.16 Å². The minimum Gasteiger partial charge on any atom is -0.395 e. The van der Waals surface area contributed by atoms with Gasteiger partial charge in [-0.1, -0.05) is 5.16 Å². The van der Waals surface area contributed by atoms with E-state index >= 15 is 0 Å². The third-order valence-corrected chi connectivity index (χ3v) is 2.72. The Morgan fingerprint density at radius 3 is 2.50 bits per heavy atom. The molecule has 0 atom stereocenters. The van der Waals surface area contributed by atoms with Gasteiger partial charge in [0.15, 0.2) is 0 Å². The molecule has 0 bridgehead atoms.